The van der Waals surface area contributed by atoms with E-state index in [9.17, 15) is 0 Å². The van der Waals surface area contributed by atoms with E-state index in [0.717, 1.165) is 11.3 Å². The number of methoxy groups -OCH3 is 1. The molecule has 0 unspecified atom stereocenters. The van der Waals surface area contributed by atoms with Crippen LogP contribution in [0.15, 0.2) is 30.6 Å². The molecule has 0 bridgehead atoms. The van der Waals surface area contributed by atoms with Crippen molar-refractivity contribution in [1.82, 2.24) is 9.97 Å². The fraction of sp³-hybridized carbons (Fsp3) is 0.286. The van der Waals surface area contributed by atoms with Crippen LogP contribution < -0.4 is 10.5 Å². The number of hydrogen-bond donors (Lipinski definition) is 1. The molecule has 0 spiro atoms. The maximum Gasteiger partial charge on any atom is 0.163 e. The summed E-state index contributed by atoms with van der Waals surface area (Å²) in [6.07, 6.45) is 3.19. The van der Waals surface area contributed by atoms with Crippen molar-refractivity contribution in [3.63, 3.8) is 0 Å². The fourth-order valence-electron chi connectivity index (χ4n) is 1.73. The number of benzene rings is 1. The summed E-state index contributed by atoms with van der Waals surface area (Å²) in [6, 6.07) is 6.08. The number of nitrogens with two attached hydrogens (primary N) is 1. The number of aromatic nitrogens is 2. The van der Waals surface area contributed by atoms with Crippen molar-refractivity contribution >= 4 is 5.69 Å². The predicted molar refractivity (Wildman–Crippen MR) is 72.5 cm³/mol. The van der Waals surface area contributed by atoms with Crippen LogP contribution >= 0.6 is 0 Å². The molecule has 0 amide bonds. The van der Waals surface area contributed by atoms with E-state index in [1.807, 2.05) is 12.1 Å². The summed E-state index contributed by atoms with van der Waals surface area (Å²) in [5.74, 6) is 1.86. The third-order valence-electron chi connectivity index (χ3n) is 2.80. The summed E-state index contributed by atoms with van der Waals surface area (Å²) < 4.78 is 5.41. The molecule has 1 aromatic heterocycles. The largest absolute Gasteiger partial charge is 0.496 e. The van der Waals surface area contributed by atoms with E-state index >= 15 is 0 Å². The highest BCUT2D eigenvalue weighted by Crippen LogP contribution is 2.30. The van der Waals surface area contributed by atoms with E-state index < -0.39 is 0 Å². The highest BCUT2D eigenvalue weighted by molar-refractivity contribution is 5.65. The highest BCUT2D eigenvalue weighted by Gasteiger charge is 2.10. The zero-order chi connectivity index (χ0) is 13.1. The van der Waals surface area contributed by atoms with Gasteiger partial charge in [0.15, 0.2) is 5.82 Å². The average Bonchev–Trinajstić information content (AvgIpc) is 2.39. The van der Waals surface area contributed by atoms with Crippen LogP contribution in [0.4, 0.5) is 5.69 Å². The minimum atomic E-state index is 0.459. The molecule has 0 saturated heterocycles. The van der Waals surface area contributed by atoms with Crippen LogP contribution in [0.2, 0.25) is 0 Å². The maximum atomic E-state index is 5.58. The first-order chi connectivity index (χ1) is 8.61. The van der Waals surface area contributed by atoms with Gasteiger partial charge < -0.3 is 10.5 Å². The first-order valence-corrected chi connectivity index (χ1v) is 5.87. The maximum absolute atomic E-state index is 5.58. The van der Waals surface area contributed by atoms with Crippen molar-refractivity contribution in [3.8, 4) is 17.1 Å². The topological polar surface area (TPSA) is 61.0 Å². The fourth-order valence-corrected chi connectivity index (χ4v) is 1.73. The molecule has 0 aliphatic heterocycles. The Morgan fingerprint density at radius 3 is 2.39 bits per heavy atom. The van der Waals surface area contributed by atoms with Gasteiger partial charge in [0.05, 0.1) is 30.8 Å². The number of nitrogens with zero attached hydrogens (tertiary/aromatic N) is 2. The standard InChI is InChI=1S/C14H17N3O/c1-9(2)10-4-5-12(13(6-10)18-3)14-16-7-11(15)8-17-14/h4-9H,15H2,1-3H3. The number of anilines is 1. The van der Waals surface area contributed by atoms with Crippen molar-refractivity contribution in [1.29, 1.82) is 0 Å². The average molecular weight is 243 g/mol. The lowest BCUT2D eigenvalue weighted by Crippen LogP contribution is -1.97. The highest BCUT2D eigenvalue weighted by atomic mass is 16.5. The Balaban J connectivity index is 2.47. The van der Waals surface area contributed by atoms with Gasteiger partial charge >= 0.3 is 0 Å². The number of hydrogen-bond acceptors (Lipinski definition) is 4. The quantitative estimate of drug-likeness (QED) is 0.900. The Hall–Kier alpha value is -2.10. The zero-order valence-electron chi connectivity index (χ0n) is 10.8. The van der Waals surface area contributed by atoms with Crippen LogP contribution in [-0.4, -0.2) is 17.1 Å². The van der Waals surface area contributed by atoms with Gasteiger partial charge in [0.25, 0.3) is 0 Å². The number of rotatable bonds is 3. The van der Waals surface area contributed by atoms with Gasteiger partial charge in [-0.15, -0.1) is 0 Å². The van der Waals surface area contributed by atoms with Crippen molar-refractivity contribution in [3.05, 3.63) is 36.2 Å². The monoisotopic (exact) mass is 243 g/mol. The minimum absolute atomic E-state index is 0.459. The lowest BCUT2D eigenvalue weighted by molar-refractivity contribution is 0.415. The first-order valence-electron chi connectivity index (χ1n) is 5.87. The predicted octanol–water partition coefficient (Wildman–Crippen LogP) is 2.86. The van der Waals surface area contributed by atoms with Gasteiger partial charge in [-0.05, 0) is 23.6 Å². The molecule has 0 saturated carbocycles. The van der Waals surface area contributed by atoms with Gasteiger partial charge in [0.2, 0.25) is 0 Å². The van der Waals surface area contributed by atoms with Gasteiger partial charge in [-0.25, -0.2) is 9.97 Å². The van der Waals surface area contributed by atoms with Crippen molar-refractivity contribution in [2.75, 3.05) is 12.8 Å². The second-order valence-corrected chi connectivity index (χ2v) is 4.45. The molecule has 0 fully saturated rings. The summed E-state index contributed by atoms with van der Waals surface area (Å²) in [4.78, 5) is 8.43. The second-order valence-electron chi connectivity index (χ2n) is 4.45. The van der Waals surface area contributed by atoms with E-state index in [1.165, 1.54) is 5.56 Å². The summed E-state index contributed by atoms with van der Waals surface area (Å²) in [6.45, 7) is 4.29. The van der Waals surface area contributed by atoms with Crippen molar-refractivity contribution < 1.29 is 4.74 Å². The summed E-state index contributed by atoms with van der Waals surface area (Å²) >= 11 is 0. The van der Waals surface area contributed by atoms with Gasteiger partial charge in [0.1, 0.15) is 5.75 Å². The molecule has 0 radical (unpaired) electrons. The van der Waals surface area contributed by atoms with Crippen LogP contribution in [0, 0.1) is 0 Å². The lowest BCUT2D eigenvalue weighted by atomic mass is 10.0. The Morgan fingerprint density at radius 2 is 1.83 bits per heavy atom. The lowest BCUT2D eigenvalue weighted by Gasteiger charge is -2.11. The van der Waals surface area contributed by atoms with Gasteiger partial charge in [-0.2, -0.15) is 0 Å². The summed E-state index contributed by atoms with van der Waals surface area (Å²) in [5.41, 5.74) is 8.24. The third kappa shape index (κ3) is 2.42. The molecule has 2 rings (SSSR count). The third-order valence-corrected chi connectivity index (χ3v) is 2.80. The van der Waals surface area contributed by atoms with Crippen LogP contribution in [0.3, 0.4) is 0 Å². The molecule has 18 heavy (non-hydrogen) atoms. The first kappa shape index (κ1) is 12.4. The zero-order valence-corrected chi connectivity index (χ0v) is 10.8. The van der Waals surface area contributed by atoms with E-state index in [0.29, 0.717) is 17.4 Å². The molecule has 4 nitrogen and oxygen atoms in total. The van der Waals surface area contributed by atoms with Crippen LogP contribution in [-0.2, 0) is 0 Å². The molecule has 0 atom stereocenters. The van der Waals surface area contributed by atoms with Gasteiger partial charge in [-0.1, -0.05) is 19.9 Å². The van der Waals surface area contributed by atoms with Crippen LogP contribution in [0.25, 0.3) is 11.4 Å². The SMILES string of the molecule is COc1cc(C(C)C)ccc1-c1ncc(N)cn1. The molecule has 94 valence electrons. The minimum Gasteiger partial charge on any atom is -0.496 e. The second kappa shape index (κ2) is 5.04. The molecule has 2 aromatic rings. The number of nitrogen functional groups attached to an aromatic ring is 1. The molecule has 2 N–H and O–H groups in total. The molecular weight excluding hydrogens is 226 g/mol. The molecular formula is C14H17N3O. The molecule has 1 heterocycles. The van der Waals surface area contributed by atoms with Crippen LogP contribution in [0.5, 0.6) is 5.75 Å². The summed E-state index contributed by atoms with van der Waals surface area (Å²) in [7, 11) is 1.65. The molecule has 0 aliphatic carbocycles. The van der Waals surface area contributed by atoms with Gasteiger partial charge in [0, 0.05) is 0 Å². The van der Waals surface area contributed by atoms with Crippen molar-refractivity contribution in [2.45, 2.75) is 19.8 Å². The van der Waals surface area contributed by atoms with Crippen LogP contribution in [0.1, 0.15) is 25.3 Å². The Bertz CT molecular complexity index is 535. The van der Waals surface area contributed by atoms with E-state index in [1.54, 1.807) is 19.5 Å². The molecule has 0 aliphatic rings. The Morgan fingerprint density at radius 1 is 1.17 bits per heavy atom. The van der Waals surface area contributed by atoms with E-state index in [-0.39, 0.29) is 0 Å². The molecule has 4 heteroatoms. The van der Waals surface area contributed by atoms with E-state index in [4.69, 9.17) is 10.5 Å². The Labute approximate surface area is 107 Å². The van der Waals surface area contributed by atoms with Gasteiger partial charge in [-0.3, -0.25) is 0 Å². The normalized spacial score (nSPS) is 10.7. The van der Waals surface area contributed by atoms with E-state index in [2.05, 4.69) is 29.9 Å². The smallest absolute Gasteiger partial charge is 0.163 e. The van der Waals surface area contributed by atoms with Crippen molar-refractivity contribution in [2.24, 2.45) is 0 Å². The Kier molecular flexibility index (Phi) is 3.46. The summed E-state index contributed by atoms with van der Waals surface area (Å²) in [5, 5.41) is 0. The number of ether oxygens (including phenoxy) is 1. The molecule has 1 aromatic carbocycles.